The Labute approximate surface area is 114 Å². The summed E-state index contributed by atoms with van der Waals surface area (Å²) in [6.45, 7) is 2.59. The van der Waals surface area contributed by atoms with Crippen LogP contribution in [0.4, 0.5) is 0 Å². The van der Waals surface area contributed by atoms with Crippen molar-refractivity contribution in [3.63, 3.8) is 0 Å². The van der Waals surface area contributed by atoms with Gasteiger partial charge in [-0.25, -0.2) is 0 Å². The number of carbonyl (C=O) groups excluding carboxylic acids is 1. The summed E-state index contributed by atoms with van der Waals surface area (Å²) in [5.41, 5.74) is 5.32. The van der Waals surface area contributed by atoms with E-state index >= 15 is 0 Å². The fourth-order valence-corrected chi connectivity index (χ4v) is 3.20. The summed E-state index contributed by atoms with van der Waals surface area (Å²) in [5, 5.41) is 9.22. The number of likely N-dealkylation sites (tertiary alicyclic amines) is 1. The van der Waals surface area contributed by atoms with E-state index in [1.54, 1.807) is 11.8 Å². The van der Waals surface area contributed by atoms with Gasteiger partial charge in [0.2, 0.25) is 5.91 Å². The van der Waals surface area contributed by atoms with Crippen molar-refractivity contribution in [2.24, 2.45) is 17.1 Å². The van der Waals surface area contributed by atoms with E-state index < -0.39 is 11.4 Å². The lowest BCUT2D eigenvalue weighted by molar-refractivity contribution is -0.147. The molecule has 1 saturated heterocycles. The Hall–Kier alpha value is -1.10. The topological polar surface area (TPSA) is 83.6 Å². The molecule has 3 atom stereocenters. The molecule has 1 aliphatic heterocycles. The summed E-state index contributed by atoms with van der Waals surface area (Å²) in [5.74, 6) is -0.856. The third-order valence-corrected chi connectivity index (χ3v) is 4.69. The average Bonchev–Trinajstić information content (AvgIpc) is 2.64. The molecule has 1 heterocycles. The summed E-state index contributed by atoms with van der Waals surface area (Å²) in [4.78, 5) is 25.5. The first-order valence-electron chi connectivity index (χ1n) is 7.22. The molecular formula is C14H24N2O3. The monoisotopic (exact) mass is 268 g/mol. The lowest BCUT2D eigenvalue weighted by atomic mass is 9.90. The first-order valence-corrected chi connectivity index (χ1v) is 7.22. The van der Waals surface area contributed by atoms with Gasteiger partial charge in [-0.2, -0.15) is 0 Å². The van der Waals surface area contributed by atoms with E-state index in [0.717, 1.165) is 32.1 Å². The van der Waals surface area contributed by atoms with Crippen LogP contribution in [0.15, 0.2) is 0 Å². The highest BCUT2D eigenvalue weighted by atomic mass is 16.4. The fraction of sp³-hybridized carbons (Fsp3) is 0.857. The quantitative estimate of drug-likeness (QED) is 0.737. The number of carboxylic acid groups (broad SMARTS) is 1. The summed E-state index contributed by atoms with van der Waals surface area (Å²) in [6.07, 6.45) is 5.58. The third kappa shape index (κ3) is 2.91. The standard InChI is InChI=1S/C14H24N2O3/c1-14(13(18)19)7-8-16(9-14)12(17)10-5-3-2-4-6-11(10)15/h10-11H,2-9,15H2,1H3,(H,18,19). The van der Waals surface area contributed by atoms with Crippen molar-refractivity contribution in [3.05, 3.63) is 0 Å². The largest absolute Gasteiger partial charge is 0.481 e. The second-order valence-corrected chi connectivity index (χ2v) is 6.28. The van der Waals surface area contributed by atoms with Crippen molar-refractivity contribution >= 4 is 11.9 Å². The van der Waals surface area contributed by atoms with Crippen LogP contribution in [-0.2, 0) is 9.59 Å². The van der Waals surface area contributed by atoms with Crippen LogP contribution >= 0.6 is 0 Å². The second kappa shape index (κ2) is 5.49. The highest BCUT2D eigenvalue weighted by molar-refractivity contribution is 5.82. The van der Waals surface area contributed by atoms with E-state index in [2.05, 4.69) is 0 Å². The predicted octanol–water partition coefficient (Wildman–Crippen LogP) is 1.22. The lowest BCUT2D eigenvalue weighted by Gasteiger charge is -2.27. The number of amides is 1. The molecule has 0 bridgehead atoms. The van der Waals surface area contributed by atoms with Crippen molar-refractivity contribution in [3.8, 4) is 0 Å². The van der Waals surface area contributed by atoms with Gasteiger partial charge in [0.1, 0.15) is 0 Å². The van der Waals surface area contributed by atoms with Gasteiger partial charge in [0, 0.05) is 19.1 Å². The molecule has 19 heavy (non-hydrogen) atoms. The number of nitrogens with zero attached hydrogens (tertiary/aromatic N) is 1. The van der Waals surface area contributed by atoms with Gasteiger partial charge in [-0.05, 0) is 26.2 Å². The predicted molar refractivity (Wildman–Crippen MR) is 71.5 cm³/mol. The van der Waals surface area contributed by atoms with E-state index in [4.69, 9.17) is 5.73 Å². The Morgan fingerprint density at radius 3 is 2.58 bits per heavy atom. The zero-order valence-electron chi connectivity index (χ0n) is 11.6. The van der Waals surface area contributed by atoms with Gasteiger partial charge in [0.25, 0.3) is 0 Å². The molecule has 1 amide bonds. The number of rotatable bonds is 2. The van der Waals surface area contributed by atoms with Crippen LogP contribution in [-0.4, -0.2) is 41.0 Å². The number of hydrogen-bond donors (Lipinski definition) is 2. The Morgan fingerprint density at radius 2 is 1.95 bits per heavy atom. The summed E-state index contributed by atoms with van der Waals surface area (Å²) >= 11 is 0. The first kappa shape index (κ1) is 14.3. The Balaban J connectivity index is 2.02. The highest BCUT2D eigenvalue weighted by Crippen LogP contribution is 2.33. The first-order chi connectivity index (χ1) is 8.94. The number of carbonyl (C=O) groups is 2. The van der Waals surface area contributed by atoms with Crippen LogP contribution in [0.1, 0.15) is 45.4 Å². The van der Waals surface area contributed by atoms with Crippen molar-refractivity contribution in [2.45, 2.75) is 51.5 Å². The van der Waals surface area contributed by atoms with Gasteiger partial charge in [0.15, 0.2) is 0 Å². The Kier molecular flexibility index (Phi) is 4.13. The number of carboxylic acids is 1. The molecule has 0 aromatic rings. The maximum atomic E-state index is 12.5. The maximum absolute atomic E-state index is 12.5. The van der Waals surface area contributed by atoms with E-state index in [1.165, 1.54) is 0 Å². The van der Waals surface area contributed by atoms with Crippen LogP contribution in [0.25, 0.3) is 0 Å². The molecule has 108 valence electrons. The van der Waals surface area contributed by atoms with Gasteiger partial charge in [0.05, 0.1) is 11.3 Å². The zero-order valence-corrected chi connectivity index (χ0v) is 11.6. The molecular weight excluding hydrogens is 244 g/mol. The van der Waals surface area contributed by atoms with Gasteiger partial charge >= 0.3 is 5.97 Å². The molecule has 0 aromatic carbocycles. The molecule has 1 saturated carbocycles. The summed E-state index contributed by atoms with van der Waals surface area (Å²) < 4.78 is 0. The fourth-order valence-electron chi connectivity index (χ4n) is 3.20. The van der Waals surface area contributed by atoms with Crippen LogP contribution in [0.2, 0.25) is 0 Å². The number of hydrogen-bond acceptors (Lipinski definition) is 3. The van der Waals surface area contributed by atoms with E-state index in [0.29, 0.717) is 19.5 Å². The van der Waals surface area contributed by atoms with Gasteiger partial charge in [-0.3, -0.25) is 9.59 Å². The van der Waals surface area contributed by atoms with Crippen molar-refractivity contribution in [1.82, 2.24) is 4.90 Å². The Bertz CT molecular complexity index is 372. The minimum atomic E-state index is -0.812. The molecule has 2 rings (SSSR count). The molecule has 3 unspecified atom stereocenters. The van der Waals surface area contributed by atoms with Crippen molar-refractivity contribution < 1.29 is 14.7 Å². The molecule has 0 aromatic heterocycles. The van der Waals surface area contributed by atoms with Crippen molar-refractivity contribution in [2.75, 3.05) is 13.1 Å². The van der Waals surface area contributed by atoms with E-state index in [1.807, 2.05) is 0 Å². The second-order valence-electron chi connectivity index (χ2n) is 6.28. The summed E-state index contributed by atoms with van der Waals surface area (Å²) in [6, 6.07) is -0.0633. The molecule has 0 radical (unpaired) electrons. The smallest absolute Gasteiger partial charge is 0.311 e. The van der Waals surface area contributed by atoms with Crippen LogP contribution in [0.3, 0.4) is 0 Å². The number of aliphatic carboxylic acids is 1. The molecule has 3 N–H and O–H groups in total. The molecule has 2 aliphatic rings. The third-order valence-electron chi connectivity index (χ3n) is 4.69. The summed E-state index contributed by atoms with van der Waals surface area (Å²) in [7, 11) is 0. The van der Waals surface area contributed by atoms with E-state index in [-0.39, 0.29) is 17.9 Å². The van der Waals surface area contributed by atoms with Gasteiger partial charge in [-0.1, -0.05) is 19.3 Å². The normalized spacial score (nSPS) is 36.0. The van der Waals surface area contributed by atoms with Gasteiger partial charge < -0.3 is 15.7 Å². The van der Waals surface area contributed by atoms with Crippen molar-refractivity contribution in [1.29, 1.82) is 0 Å². The highest BCUT2D eigenvalue weighted by Gasteiger charge is 2.44. The number of nitrogens with two attached hydrogens (primary N) is 1. The SMILES string of the molecule is CC1(C(=O)O)CCN(C(=O)C2CCCCCC2N)C1. The minimum absolute atomic E-state index is 0.0633. The lowest BCUT2D eigenvalue weighted by Crippen LogP contribution is -2.44. The molecule has 5 heteroatoms. The van der Waals surface area contributed by atoms with E-state index in [9.17, 15) is 14.7 Å². The Morgan fingerprint density at radius 1 is 1.26 bits per heavy atom. The average molecular weight is 268 g/mol. The molecule has 0 spiro atoms. The van der Waals surface area contributed by atoms with Gasteiger partial charge in [-0.15, -0.1) is 0 Å². The zero-order chi connectivity index (χ0) is 14.0. The molecule has 5 nitrogen and oxygen atoms in total. The van der Waals surface area contributed by atoms with Crippen LogP contribution < -0.4 is 5.73 Å². The molecule has 1 aliphatic carbocycles. The maximum Gasteiger partial charge on any atom is 0.311 e. The van der Waals surface area contributed by atoms with Crippen LogP contribution in [0, 0.1) is 11.3 Å². The molecule has 2 fully saturated rings. The van der Waals surface area contributed by atoms with Crippen LogP contribution in [0.5, 0.6) is 0 Å². The minimum Gasteiger partial charge on any atom is -0.481 e.